The number of aromatic nitrogens is 4. The van der Waals surface area contributed by atoms with Crippen LogP contribution in [0.1, 0.15) is 66.5 Å². The molecule has 2 atom stereocenters. The van der Waals surface area contributed by atoms with E-state index in [1.54, 1.807) is 18.3 Å². The standard InChI is InChI=1S/C31H34N6O5S.CH4/c1-19-5-6-21(26(15-29(38)39)25-9-10-27-30(20(25)2)33-34-37(27)23-7-8-23)14-22(19)16-35-17-24-18-42-13-12-36(24)31-28(43(35,40)41)4-3-11-32-31;/h3-6,9-11,14,23-24,26H,7-8,12-13,15-18H2,1-2H3,(H,38,39);1H4/t24-,26-;/m1./s1. The quantitative estimate of drug-likeness (QED) is 0.320. The number of carboxylic acid groups (broad SMARTS) is 1. The van der Waals surface area contributed by atoms with Crippen molar-refractivity contribution >= 4 is 32.8 Å². The summed E-state index contributed by atoms with van der Waals surface area (Å²) in [6, 6.07) is 13.3. The van der Waals surface area contributed by atoms with Crippen LogP contribution in [0.2, 0.25) is 0 Å². The number of rotatable bonds is 7. The topological polar surface area (TPSA) is 131 Å². The maximum atomic E-state index is 14.0. The lowest BCUT2D eigenvalue weighted by Gasteiger charge is -2.36. The molecule has 0 spiro atoms. The van der Waals surface area contributed by atoms with Crippen LogP contribution in [-0.2, 0) is 26.1 Å². The number of hydrogen-bond acceptors (Lipinski definition) is 8. The number of aryl methyl sites for hydroxylation is 2. The normalized spacial score (nSPS) is 20.3. The van der Waals surface area contributed by atoms with E-state index < -0.39 is 21.9 Å². The van der Waals surface area contributed by atoms with Crippen molar-refractivity contribution < 1.29 is 23.1 Å². The van der Waals surface area contributed by atoms with Crippen LogP contribution in [0.4, 0.5) is 5.82 Å². The van der Waals surface area contributed by atoms with Crippen LogP contribution in [0.3, 0.4) is 0 Å². The highest BCUT2D eigenvalue weighted by molar-refractivity contribution is 7.89. The maximum Gasteiger partial charge on any atom is 0.304 e. The molecule has 4 aromatic rings. The third-order valence-electron chi connectivity index (χ3n) is 8.99. The number of benzene rings is 2. The number of aliphatic carboxylic acids is 1. The third-order valence-corrected chi connectivity index (χ3v) is 10.8. The van der Waals surface area contributed by atoms with Crippen LogP contribution >= 0.6 is 0 Å². The Morgan fingerprint density at radius 2 is 1.95 bits per heavy atom. The summed E-state index contributed by atoms with van der Waals surface area (Å²) in [4.78, 5) is 18.8. The van der Waals surface area contributed by atoms with E-state index in [-0.39, 0.29) is 37.9 Å². The summed E-state index contributed by atoms with van der Waals surface area (Å²) in [6.07, 6.45) is 3.70. The van der Waals surface area contributed by atoms with Gasteiger partial charge in [0.2, 0.25) is 10.0 Å². The van der Waals surface area contributed by atoms with Crippen molar-refractivity contribution in [1.29, 1.82) is 0 Å². The Balaban J connectivity index is 0.00000343. The molecular formula is C32H38N6O5S. The van der Waals surface area contributed by atoms with Gasteiger partial charge < -0.3 is 14.7 Å². The van der Waals surface area contributed by atoms with Crippen molar-refractivity contribution in [1.82, 2.24) is 24.3 Å². The molecule has 0 radical (unpaired) electrons. The van der Waals surface area contributed by atoms with Crippen LogP contribution in [0.5, 0.6) is 0 Å². The minimum atomic E-state index is -3.87. The zero-order valence-electron chi connectivity index (χ0n) is 24.2. The van der Waals surface area contributed by atoms with Crippen LogP contribution in [0.25, 0.3) is 11.0 Å². The van der Waals surface area contributed by atoms with Crippen LogP contribution in [-0.4, -0.2) is 76.1 Å². The molecule has 1 saturated heterocycles. The maximum absolute atomic E-state index is 14.0. The van der Waals surface area contributed by atoms with E-state index >= 15 is 0 Å². The van der Waals surface area contributed by atoms with Gasteiger partial charge in [-0.2, -0.15) is 4.31 Å². The number of hydrogen-bond donors (Lipinski definition) is 1. The average Bonchev–Trinajstić information content (AvgIpc) is 3.76. The molecule has 1 N–H and O–H groups in total. The fourth-order valence-electron chi connectivity index (χ4n) is 6.48. The third kappa shape index (κ3) is 5.24. The molecule has 1 saturated carbocycles. The highest BCUT2D eigenvalue weighted by Gasteiger charge is 2.39. The molecule has 2 aromatic heterocycles. The fourth-order valence-corrected chi connectivity index (χ4v) is 8.08. The number of pyridine rings is 1. The Morgan fingerprint density at radius 3 is 2.73 bits per heavy atom. The van der Waals surface area contributed by atoms with E-state index in [1.807, 2.05) is 53.8 Å². The second-order valence-corrected chi connectivity index (χ2v) is 13.7. The van der Waals surface area contributed by atoms with Gasteiger partial charge in [0, 0.05) is 31.7 Å². The van der Waals surface area contributed by atoms with Crippen molar-refractivity contribution in [2.24, 2.45) is 0 Å². The van der Waals surface area contributed by atoms with Crippen molar-refractivity contribution in [3.05, 3.63) is 76.5 Å². The minimum Gasteiger partial charge on any atom is -0.481 e. The molecule has 7 rings (SSSR count). The Bertz CT molecular complexity index is 1840. The van der Waals surface area contributed by atoms with Gasteiger partial charge in [-0.1, -0.05) is 36.9 Å². The molecule has 0 bridgehead atoms. The molecule has 0 amide bonds. The summed E-state index contributed by atoms with van der Waals surface area (Å²) < 4.78 is 37.3. The Hall–Kier alpha value is -3.87. The minimum absolute atomic E-state index is 0. The van der Waals surface area contributed by atoms with Gasteiger partial charge in [-0.15, -0.1) is 5.10 Å². The second-order valence-electron chi connectivity index (χ2n) is 11.8. The molecule has 4 heterocycles. The molecule has 2 aromatic carbocycles. The molecule has 11 nitrogen and oxygen atoms in total. The van der Waals surface area contributed by atoms with Crippen LogP contribution in [0.15, 0.2) is 53.6 Å². The molecule has 2 fully saturated rings. The first-order valence-electron chi connectivity index (χ1n) is 14.7. The number of fused-ring (bicyclic) bond motifs is 4. The zero-order valence-corrected chi connectivity index (χ0v) is 25.0. The first kappa shape index (κ1) is 30.2. The van der Waals surface area contributed by atoms with E-state index in [0.29, 0.717) is 31.6 Å². The first-order valence-corrected chi connectivity index (χ1v) is 16.1. The Morgan fingerprint density at radius 1 is 1.14 bits per heavy atom. The predicted octanol–water partition coefficient (Wildman–Crippen LogP) is 4.43. The van der Waals surface area contributed by atoms with Gasteiger partial charge in [0.25, 0.3) is 0 Å². The molecule has 12 heteroatoms. The van der Waals surface area contributed by atoms with Gasteiger partial charge in [-0.3, -0.25) is 4.79 Å². The second kappa shape index (κ2) is 11.6. The highest BCUT2D eigenvalue weighted by Crippen LogP contribution is 2.39. The summed E-state index contributed by atoms with van der Waals surface area (Å²) >= 11 is 0. The molecule has 0 unspecified atom stereocenters. The van der Waals surface area contributed by atoms with E-state index in [2.05, 4.69) is 15.3 Å². The monoisotopic (exact) mass is 618 g/mol. The number of morpholine rings is 1. The average molecular weight is 619 g/mol. The highest BCUT2D eigenvalue weighted by atomic mass is 32.2. The summed E-state index contributed by atoms with van der Waals surface area (Å²) in [5, 5.41) is 18.8. The number of anilines is 1. The van der Waals surface area contributed by atoms with Gasteiger partial charge in [-0.25, -0.2) is 18.1 Å². The number of ether oxygens (including phenoxy) is 1. The molecule has 1 aliphatic carbocycles. The van der Waals surface area contributed by atoms with Gasteiger partial charge in [-0.05, 0) is 72.7 Å². The predicted molar refractivity (Wildman–Crippen MR) is 166 cm³/mol. The Kier molecular flexibility index (Phi) is 7.93. The van der Waals surface area contributed by atoms with Gasteiger partial charge in [0.1, 0.15) is 16.2 Å². The molecular weight excluding hydrogens is 580 g/mol. The van der Waals surface area contributed by atoms with Gasteiger partial charge in [0.15, 0.2) is 0 Å². The van der Waals surface area contributed by atoms with E-state index in [1.165, 1.54) is 4.31 Å². The largest absolute Gasteiger partial charge is 0.481 e. The van der Waals surface area contributed by atoms with E-state index in [0.717, 1.165) is 51.7 Å². The van der Waals surface area contributed by atoms with Crippen LogP contribution < -0.4 is 4.90 Å². The lowest BCUT2D eigenvalue weighted by atomic mass is 9.84. The molecule has 44 heavy (non-hydrogen) atoms. The van der Waals surface area contributed by atoms with Crippen LogP contribution in [0, 0.1) is 13.8 Å². The van der Waals surface area contributed by atoms with Crippen molar-refractivity contribution in [3.8, 4) is 0 Å². The van der Waals surface area contributed by atoms with Crippen molar-refractivity contribution in [2.45, 2.75) is 70.0 Å². The first-order chi connectivity index (χ1) is 20.7. The zero-order chi connectivity index (χ0) is 29.9. The SMILES string of the molecule is C.Cc1ccc([C@@H](CC(=O)O)c2ccc3c(nnn3C3CC3)c2C)cc1CN1C[C@@H]2COCCN2c2ncccc2S1(=O)=O. The Labute approximate surface area is 257 Å². The number of nitrogens with zero attached hydrogens (tertiary/aromatic N) is 6. The summed E-state index contributed by atoms with van der Waals surface area (Å²) in [5.74, 6) is -0.889. The number of carboxylic acids is 1. The lowest BCUT2D eigenvalue weighted by molar-refractivity contribution is -0.137. The summed E-state index contributed by atoms with van der Waals surface area (Å²) in [5.41, 5.74) is 6.11. The van der Waals surface area contributed by atoms with Crippen molar-refractivity contribution in [2.75, 3.05) is 31.2 Å². The summed E-state index contributed by atoms with van der Waals surface area (Å²) in [7, 11) is -3.87. The molecule has 3 aliphatic rings. The van der Waals surface area contributed by atoms with E-state index in [4.69, 9.17) is 4.74 Å². The number of sulfonamides is 1. The van der Waals surface area contributed by atoms with Crippen molar-refractivity contribution in [3.63, 3.8) is 0 Å². The lowest BCUT2D eigenvalue weighted by Crippen LogP contribution is -2.50. The molecule has 232 valence electrons. The van der Waals surface area contributed by atoms with E-state index in [9.17, 15) is 18.3 Å². The smallest absolute Gasteiger partial charge is 0.304 e. The van der Waals surface area contributed by atoms with Gasteiger partial charge >= 0.3 is 5.97 Å². The summed E-state index contributed by atoms with van der Waals surface area (Å²) in [6.45, 7) is 5.83. The fraction of sp³-hybridized carbons (Fsp3) is 0.438. The molecule has 2 aliphatic heterocycles. The number of carbonyl (C=O) groups is 1. The van der Waals surface area contributed by atoms with Gasteiger partial charge in [0.05, 0.1) is 37.2 Å².